The van der Waals surface area contributed by atoms with Gasteiger partial charge in [-0.3, -0.25) is 0 Å². The average molecular weight is 383 g/mol. The maximum atomic E-state index is 13.2. The zero-order valence-electron chi connectivity index (χ0n) is 10.4. The molecule has 0 saturated carbocycles. The van der Waals surface area contributed by atoms with Gasteiger partial charge in [-0.15, -0.1) is 0 Å². The molecule has 0 amide bonds. The zero-order chi connectivity index (χ0) is 15.6. The van der Waals surface area contributed by atoms with Crippen LogP contribution in [0.2, 0.25) is 5.02 Å². The van der Waals surface area contributed by atoms with Crippen LogP contribution in [0.15, 0.2) is 40.9 Å². The summed E-state index contributed by atoms with van der Waals surface area (Å²) in [5, 5.41) is 3.33. The van der Waals surface area contributed by atoms with Crippen LogP contribution in [0.1, 0.15) is 11.1 Å². The van der Waals surface area contributed by atoms with Crippen molar-refractivity contribution in [1.82, 2.24) is 0 Å². The van der Waals surface area contributed by atoms with Crippen LogP contribution in [0.4, 0.5) is 23.2 Å². The Kier molecular flexibility index (Phi) is 4.78. The van der Waals surface area contributed by atoms with Gasteiger partial charge in [-0.25, -0.2) is 4.39 Å². The molecule has 112 valence electrons. The summed E-state index contributed by atoms with van der Waals surface area (Å²) < 4.78 is 51.8. The topological polar surface area (TPSA) is 12.0 Å². The summed E-state index contributed by atoms with van der Waals surface area (Å²) in [6, 6.07) is 7.90. The summed E-state index contributed by atoms with van der Waals surface area (Å²) >= 11 is 9.18. The SMILES string of the molecule is Fc1ccc(NCc2cc(Cl)ccc2Br)cc1C(F)(F)F. The Morgan fingerprint density at radius 1 is 1.10 bits per heavy atom. The summed E-state index contributed by atoms with van der Waals surface area (Å²) in [6.07, 6.45) is -4.72. The smallest absolute Gasteiger partial charge is 0.381 e. The number of halogens is 6. The number of anilines is 1. The van der Waals surface area contributed by atoms with Crippen LogP contribution < -0.4 is 5.32 Å². The summed E-state index contributed by atoms with van der Waals surface area (Å²) in [6.45, 7) is 0.254. The first kappa shape index (κ1) is 16.1. The quantitative estimate of drug-likeness (QED) is 0.654. The van der Waals surface area contributed by atoms with E-state index in [0.717, 1.165) is 22.2 Å². The first-order valence-electron chi connectivity index (χ1n) is 5.82. The van der Waals surface area contributed by atoms with E-state index in [1.54, 1.807) is 18.2 Å². The van der Waals surface area contributed by atoms with E-state index in [2.05, 4.69) is 21.2 Å². The van der Waals surface area contributed by atoms with Gasteiger partial charge >= 0.3 is 6.18 Å². The summed E-state index contributed by atoms with van der Waals surface area (Å²) in [5.74, 6) is -1.29. The van der Waals surface area contributed by atoms with Crippen LogP contribution in [0.5, 0.6) is 0 Å². The summed E-state index contributed by atoms with van der Waals surface area (Å²) in [4.78, 5) is 0. The maximum absolute atomic E-state index is 13.2. The van der Waals surface area contributed by atoms with Crippen LogP contribution in [-0.4, -0.2) is 0 Å². The predicted octanol–water partition coefficient (Wildman–Crippen LogP) is 5.87. The molecule has 7 heteroatoms. The van der Waals surface area contributed by atoms with Crippen molar-refractivity contribution >= 4 is 33.2 Å². The van der Waals surface area contributed by atoms with E-state index in [4.69, 9.17) is 11.6 Å². The van der Waals surface area contributed by atoms with Gasteiger partial charge in [0.2, 0.25) is 0 Å². The minimum absolute atomic E-state index is 0.176. The highest BCUT2D eigenvalue weighted by Gasteiger charge is 2.34. The second kappa shape index (κ2) is 6.23. The molecular weight excluding hydrogens is 374 g/mol. The van der Waals surface area contributed by atoms with Crippen LogP contribution >= 0.6 is 27.5 Å². The second-order valence-electron chi connectivity index (χ2n) is 4.28. The highest BCUT2D eigenvalue weighted by atomic mass is 79.9. The number of alkyl halides is 3. The third-order valence-electron chi connectivity index (χ3n) is 2.76. The van der Waals surface area contributed by atoms with E-state index in [9.17, 15) is 17.6 Å². The highest BCUT2D eigenvalue weighted by Crippen LogP contribution is 2.33. The fourth-order valence-electron chi connectivity index (χ4n) is 1.73. The van der Waals surface area contributed by atoms with E-state index >= 15 is 0 Å². The average Bonchev–Trinajstić information content (AvgIpc) is 2.40. The fourth-order valence-corrected chi connectivity index (χ4v) is 2.31. The lowest BCUT2D eigenvalue weighted by molar-refractivity contribution is -0.139. The lowest BCUT2D eigenvalue weighted by Crippen LogP contribution is -2.09. The molecule has 1 nitrogen and oxygen atoms in total. The molecule has 0 aliphatic carbocycles. The second-order valence-corrected chi connectivity index (χ2v) is 5.57. The van der Waals surface area contributed by atoms with Crippen molar-refractivity contribution in [3.8, 4) is 0 Å². The molecule has 0 unspecified atom stereocenters. The van der Waals surface area contributed by atoms with Gasteiger partial charge in [0.1, 0.15) is 5.82 Å². The number of nitrogens with one attached hydrogen (secondary N) is 1. The van der Waals surface area contributed by atoms with Crippen molar-refractivity contribution in [2.24, 2.45) is 0 Å². The van der Waals surface area contributed by atoms with Crippen molar-refractivity contribution in [3.63, 3.8) is 0 Å². The molecule has 0 saturated heterocycles. The largest absolute Gasteiger partial charge is 0.419 e. The molecule has 0 aromatic heterocycles. The maximum Gasteiger partial charge on any atom is 0.419 e. The molecule has 2 aromatic carbocycles. The third-order valence-corrected chi connectivity index (χ3v) is 3.77. The molecule has 2 aromatic rings. The molecule has 0 bridgehead atoms. The Morgan fingerprint density at radius 2 is 1.81 bits per heavy atom. The Morgan fingerprint density at radius 3 is 2.48 bits per heavy atom. The Labute approximate surface area is 132 Å². The minimum atomic E-state index is -4.72. The van der Waals surface area contributed by atoms with Gasteiger partial charge in [-0.1, -0.05) is 27.5 Å². The van der Waals surface area contributed by atoms with Gasteiger partial charge in [-0.05, 0) is 42.0 Å². The molecule has 0 atom stereocenters. The molecule has 0 radical (unpaired) electrons. The Balaban J connectivity index is 2.19. The highest BCUT2D eigenvalue weighted by molar-refractivity contribution is 9.10. The summed E-state index contributed by atoms with van der Waals surface area (Å²) in [7, 11) is 0. The molecule has 1 N–H and O–H groups in total. The molecular formula is C14H9BrClF4N. The molecule has 0 aliphatic rings. The first-order chi connectivity index (χ1) is 9.77. The molecule has 0 heterocycles. The number of hydrogen-bond acceptors (Lipinski definition) is 1. The monoisotopic (exact) mass is 381 g/mol. The van der Waals surface area contributed by atoms with Gasteiger partial charge in [-0.2, -0.15) is 13.2 Å². The molecule has 21 heavy (non-hydrogen) atoms. The van der Waals surface area contributed by atoms with Crippen molar-refractivity contribution in [1.29, 1.82) is 0 Å². The predicted molar refractivity (Wildman–Crippen MR) is 77.9 cm³/mol. The first-order valence-corrected chi connectivity index (χ1v) is 6.99. The van der Waals surface area contributed by atoms with Crippen LogP contribution in [-0.2, 0) is 12.7 Å². The van der Waals surface area contributed by atoms with E-state index in [-0.39, 0.29) is 12.2 Å². The number of rotatable bonds is 3. The van der Waals surface area contributed by atoms with Gasteiger partial charge in [0.05, 0.1) is 5.56 Å². The zero-order valence-corrected chi connectivity index (χ0v) is 12.8. The van der Waals surface area contributed by atoms with E-state index < -0.39 is 17.6 Å². The minimum Gasteiger partial charge on any atom is -0.381 e. The van der Waals surface area contributed by atoms with Crippen LogP contribution in [0.3, 0.4) is 0 Å². The molecule has 2 rings (SSSR count). The Bertz CT molecular complexity index is 658. The van der Waals surface area contributed by atoms with Crippen molar-refractivity contribution in [2.45, 2.75) is 12.7 Å². The molecule has 0 fully saturated rings. The lowest BCUT2D eigenvalue weighted by atomic mass is 10.1. The standard InChI is InChI=1S/C14H9BrClF4N/c15-12-3-1-9(16)5-8(12)7-21-10-2-4-13(17)11(6-10)14(18,19)20/h1-6,21H,7H2. The summed E-state index contributed by atoms with van der Waals surface area (Å²) in [5.41, 5.74) is -0.339. The third kappa shape index (κ3) is 4.11. The molecule has 0 aliphatic heterocycles. The van der Waals surface area contributed by atoms with Gasteiger partial charge < -0.3 is 5.32 Å². The van der Waals surface area contributed by atoms with Gasteiger partial charge in [0, 0.05) is 21.7 Å². The van der Waals surface area contributed by atoms with Crippen molar-refractivity contribution in [2.75, 3.05) is 5.32 Å². The van der Waals surface area contributed by atoms with Crippen LogP contribution in [0, 0.1) is 5.82 Å². The van der Waals surface area contributed by atoms with E-state index in [1.807, 2.05) is 0 Å². The lowest BCUT2D eigenvalue weighted by Gasteiger charge is -2.12. The van der Waals surface area contributed by atoms with Gasteiger partial charge in [0.15, 0.2) is 0 Å². The number of hydrogen-bond donors (Lipinski definition) is 1. The Hall–Kier alpha value is -1.27. The fraction of sp³-hybridized carbons (Fsp3) is 0.143. The van der Waals surface area contributed by atoms with Crippen molar-refractivity contribution < 1.29 is 17.6 Å². The van der Waals surface area contributed by atoms with Crippen molar-refractivity contribution in [3.05, 3.63) is 62.8 Å². The van der Waals surface area contributed by atoms with E-state index in [1.165, 1.54) is 6.07 Å². The normalized spacial score (nSPS) is 11.5. The molecule has 0 spiro atoms. The van der Waals surface area contributed by atoms with E-state index in [0.29, 0.717) is 5.02 Å². The number of benzene rings is 2. The van der Waals surface area contributed by atoms with Gasteiger partial charge in [0.25, 0.3) is 0 Å². The van der Waals surface area contributed by atoms with Crippen LogP contribution in [0.25, 0.3) is 0 Å².